The van der Waals surface area contributed by atoms with Crippen LogP contribution in [0.2, 0.25) is 0 Å². The third-order valence-electron chi connectivity index (χ3n) is 3.93. The average molecular weight is 278 g/mol. The summed E-state index contributed by atoms with van der Waals surface area (Å²) in [6, 6.07) is 3.85. The van der Waals surface area contributed by atoms with Crippen molar-refractivity contribution in [2.75, 3.05) is 32.0 Å². The Kier molecular flexibility index (Phi) is 4.37. The second kappa shape index (κ2) is 5.84. The van der Waals surface area contributed by atoms with E-state index in [9.17, 15) is 0 Å². The smallest absolute Gasteiger partial charge is 0.122 e. The maximum atomic E-state index is 5.53. The summed E-state index contributed by atoms with van der Waals surface area (Å²) in [6.07, 6.45) is 4.26. The number of anilines is 1. The van der Waals surface area contributed by atoms with Gasteiger partial charge in [0.1, 0.15) is 4.99 Å². The Balaban J connectivity index is 1.89. The van der Waals surface area contributed by atoms with E-state index < -0.39 is 0 Å². The van der Waals surface area contributed by atoms with Crippen molar-refractivity contribution < 1.29 is 0 Å². The minimum atomic E-state index is 0.342. The van der Waals surface area contributed by atoms with E-state index in [1.165, 1.54) is 25.9 Å². The van der Waals surface area contributed by atoms with Crippen LogP contribution in [0.4, 0.5) is 5.69 Å². The molecule has 1 aliphatic heterocycles. The Bertz CT molecular complexity index is 435. The molecule has 0 unspecified atom stereocenters. The van der Waals surface area contributed by atoms with Crippen molar-refractivity contribution in [3.05, 3.63) is 24.0 Å². The Labute approximate surface area is 120 Å². The van der Waals surface area contributed by atoms with Crippen LogP contribution in [0, 0.1) is 5.41 Å². The maximum Gasteiger partial charge on any atom is 0.122 e. The normalized spacial score (nSPS) is 19.1. The molecular weight excluding hydrogens is 256 g/mol. The van der Waals surface area contributed by atoms with E-state index in [0.29, 0.717) is 16.1 Å². The van der Waals surface area contributed by atoms with Crippen molar-refractivity contribution in [3.8, 4) is 0 Å². The summed E-state index contributed by atoms with van der Waals surface area (Å²) in [5.41, 5.74) is 7.60. The molecule has 0 atom stereocenters. The fraction of sp³-hybridized carbons (Fsp3) is 0.571. The van der Waals surface area contributed by atoms with Gasteiger partial charge in [-0.05, 0) is 50.5 Å². The molecule has 104 valence electrons. The summed E-state index contributed by atoms with van der Waals surface area (Å²) in [4.78, 5) is 6.97. The van der Waals surface area contributed by atoms with E-state index in [2.05, 4.69) is 29.2 Å². The summed E-state index contributed by atoms with van der Waals surface area (Å²) >= 11 is 4.89. The van der Waals surface area contributed by atoms with Gasteiger partial charge in [-0.25, -0.2) is 0 Å². The van der Waals surface area contributed by atoms with Gasteiger partial charge >= 0.3 is 0 Å². The highest BCUT2D eigenvalue weighted by Crippen LogP contribution is 2.30. The molecule has 0 saturated carbocycles. The molecule has 1 saturated heterocycles. The minimum Gasteiger partial charge on any atom is -0.388 e. The lowest BCUT2D eigenvalue weighted by Gasteiger charge is -2.38. The van der Waals surface area contributed by atoms with Crippen molar-refractivity contribution in [1.29, 1.82) is 0 Å². The van der Waals surface area contributed by atoms with Crippen molar-refractivity contribution in [2.24, 2.45) is 11.1 Å². The van der Waals surface area contributed by atoms with E-state index in [0.717, 1.165) is 12.2 Å². The third kappa shape index (κ3) is 3.88. The second-order valence-electron chi connectivity index (χ2n) is 5.76. The molecule has 0 radical (unpaired) electrons. The number of hydrogen-bond acceptors (Lipinski definition) is 4. The van der Waals surface area contributed by atoms with E-state index in [4.69, 9.17) is 18.0 Å². The zero-order valence-electron chi connectivity index (χ0n) is 11.6. The summed E-state index contributed by atoms with van der Waals surface area (Å²) in [7, 11) is 2.19. The minimum absolute atomic E-state index is 0.342. The summed E-state index contributed by atoms with van der Waals surface area (Å²) in [5.74, 6) is 0. The van der Waals surface area contributed by atoms with Crippen molar-refractivity contribution in [2.45, 2.75) is 19.8 Å². The first kappa shape index (κ1) is 14.2. The largest absolute Gasteiger partial charge is 0.388 e. The van der Waals surface area contributed by atoms with Crippen molar-refractivity contribution >= 4 is 22.9 Å². The number of hydrogen-bond donors (Lipinski definition) is 2. The first-order valence-electron chi connectivity index (χ1n) is 6.67. The quantitative estimate of drug-likeness (QED) is 0.823. The van der Waals surface area contributed by atoms with Gasteiger partial charge in [0.2, 0.25) is 0 Å². The Hall–Kier alpha value is -1.20. The standard InChI is InChI=1S/C14H22N4S/c1-14(5-7-18(2)8-6-14)10-17-11-3-4-12(13(15)19)16-9-11/h3-4,9,17H,5-8,10H2,1-2H3,(H2,15,19). The predicted octanol–water partition coefficient (Wildman–Crippen LogP) is 1.86. The Morgan fingerprint density at radius 3 is 2.68 bits per heavy atom. The summed E-state index contributed by atoms with van der Waals surface area (Å²) < 4.78 is 0. The van der Waals surface area contributed by atoms with Crippen molar-refractivity contribution in [3.63, 3.8) is 0 Å². The molecule has 3 N–H and O–H groups in total. The topological polar surface area (TPSA) is 54.2 Å². The van der Waals surface area contributed by atoms with Crippen LogP contribution in [0.25, 0.3) is 0 Å². The fourth-order valence-electron chi connectivity index (χ4n) is 2.29. The molecule has 2 heterocycles. The fourth-order valence-corrected chi connectivity index (χ4v) is 2.42. The van der Waals surface area contributed by atoms with Gasteiger partial charge in [-0.3, -0.25) is 4.98 Å². The molecule has 2 rings (SSSR count). The zero-order chi connectivity index (χ0) is 13.9. The van der Waals surface area contributed by atoms with Gasteiger partial charge in [0.15, 0.2) is 0 Å². The van der Waals surface area contributed by atoms with Crippen molar-refractivity contribution in [1.82, 2.24) is 9.88 Å². The van der Waals surface area contributed by atoms with E-state index in [1.807, 2.05) is 12.1 Å². The molecule has 0 bridgehead atoms. The predicted molar refractivity (Wildman–Crippen MR) is 83.5 cm³/mol. The molecule has 5 heteroatoms. The number of piperidine rings is 1. The van der Waals surface area contributed by atoms with Crippen LogP contribution < -0.4 is 11.1 Å². The van der Waals surface area contributed by atoms with E-state index in [1.54, 1.807) is 6.20 Å². The maximum absolute atomic E-state index is 5.53. The molecule has 0 amide bonds. The van der Waals surface area contributed by atoms with Gasteiger partial charge in [0.05, 0.1) is 17.6 Å². The molecule has 0 spiro atoms. The summed E-state index contributed by atoms with van der Waals surface area (Å²) in [5, 5.41) is 3.47. The molecule has 1 fully saturated rings. The van der Waals surface area contributed by atoms with Crippen LogP contribution in [0.3, 0.4) is 0 Å². The van der Waals surface area contributed by atoms with Crippen LogP contribution in [0.5, 0.6) is 0 Å². The van der Waals surface area contributed by atoms with Gasteiger partial charge in [-0.1, -0.05) is 19.1 Å². The molecule has 1 aromatic heterocycles. The first-order valence-corrected chi connectivity index (χ1v) is 7.08. The lowest BCUT2D eigenvalue weighted by atomic mass is 9.80. The molecule has 1 aromatic rings. The van der Waals surface area contributed by atoms with Crippen LogP contribution in [0.15, 0.2) is 18.3 Å². The van der Waals surface area contributed by atoms with Crippen LogP contribution in [0.1, 0.15) is 25.5 Å². The third-order valence-corrected chi connectivity index (χ3v) is 4.14. The van der Waals surface area contributed by atoms with Crippen LogP contribution >= 0.6 is 12.2 Å². The molecule has 0 aromatic carbocycles. The number of likely N-dealkylation sites (tertiary alicyclic amines) is 1. The number of nitrogens with two attached hydrogens (primary N) is 1. The Morgan fingerprint density at radius 2 is 2.16 bits per heavy atom. The second-order valence-corrected chi connectivity index (χ2v) is 6.20. The number of nitrogens with one attached hydrogen (secondary N) is 1. The number of aromatic nitrogens is 1. The molecule has 0 aliphatic carbocycles. The monoisotopic (exact) mass is 278 g/mol. The molecule has 1 aliphatic rings. The highest BCUT2D eigenvalue weighted by atomic mass is 32.1. The van der Waals surface area contributed by atoms with Gasteiger partial charge in [-0.2, -0.15) is 0 Å². The number of rotatable bonds is 4. The van der Waals surface area contributed by atoms with Crippen LogP contribution in [-0.2, 0) is 0 Å². The zero-order valence-corrected chi connectivity index (χ0v) is 12.5. The lowest BCUT2D eigenvalue weighted by molar-refractivity contribution is 0.150. The van der Waals surface area contributed by atoms with Gasteiger partial charge < -0.3 is 16.0 Å². The first-order chi connectivity index (χ1) is 8.98. The average Bonchev–Trinajstić information content (AvgIpc) is 2.41. The van der Waals surface area contributed by atoms with E-state index in [-0.39, 0.29) is 0 Å². The van der Waals surface area contributed by atoms with Crippen LogP contribution in [-0.4, -0.2) is 41.6 Å². The number of pyridine rings is 1. The van der Waals surface area contributed by atoms with E-state index >= 15 is 0 Å². The van der Waals surface area contributed by atoms with Gasteiger partial charge in [-0.15, -0.1) is 0 Å². The van der Waals surface area contributed by atoms with Gasteiger partial charge in [0, 0.05) is 6.54 Å². The molecule has 4 nitrogen and oxygen atoms in total. The Morgan fingerprint density at radius 1 is 1.47 bits per heavy atom. The summed E-state index contributed by atoms with van der Waals surface area (Å²) in [6.45, 7) is 5.69. The van der Waals surface area contributed by atoms with Gasteiger partial charge in [0.25, 0.3) is 0 Å². The highest BCUT2D eigenvalue weighted by molar-refractivity contribution is 7.80. The highest BCUT2D eigenvalue weighted by Gasteiger charge is 2.28. The number of thiocarbonyl (C=S) groups is 1. The molecular formula is C14H22N4S. The molecule has 19 heavy (non-hydrogen) atoms. The number of nitrogens with zero attached hydrogens (tertiary/aromatic N) is 2. The lowest BCUT2D eigenvalue weighted by Crippen LogP contribution is -2.40. The SMILES string of the molecule is CN1CCC(C)(CNc2ccc(C(N)=S)nc2)CC1.